The van der Waals surface area contributed by atoms with Gasteiger partial charge in [-0.25, -0.2) is 4.98 Å². The van der Waals surface area contributed by atoms with E-state index in [1.54, 1.807) is 13.3 Å². The molecule has 4 radical (unpaired) electrons. The highest BCUT2D eigenvalue weighted by atomic mass is 16.3. The molecule has 10 heavy (non-hydrogen) atoms. The Bertz CT molecular complexity index is 103. The predicted octanol–water partition coefficient (Wildman–Crippen LogP) is 0.506. The van der Waals surface area contributed by atoms with Crippen molar-refractivity contribution >= 4 is 22.0 Å². The molecule has 2 nitrogen and oxygen atoms in total. The molecular formula is C5H8B3NO. The SMILES string of the molecule is [B][B][B]CC.c1cocn1. The van der Waals surface area contributed by atoms with Gasteiger partial charge in [-0.1, -0.05) is 13.2 Å². The van der Waals surface area contributed by atoms with E-state index < -0.39 is 0 Å². The summed E-state index contributed by atoms with van der Waals surface area (Å²) in [6.45, 7) is 2.04. The summed E-state index contributed by atoms with van der Waals surface area (Å²) in [7, 11) is 8.42. The molecule has 0 fully saturated rings. The molecule has 0 unspecified atom stereocenters. The van der Waals surface area contributed by atoms with Gasteiger partial charge < -0.3 is 4.42 Å². The van der Waals surface area contributed by atoms with Crippen molar-refractivity contribution in [1.29, 1.82) is 0 Å². The van der Waals surface area contributed by atoms with Crippen molar-refractivity contribution in [3.8, 4) is 0 Å². The molecule has 0 spiro atoms. The maximum atomic E-state index is 4.96. The van der Waals surface area contributed by atoms with Crippen LogP contribution in [0.4, 0.5) is 0 Å². The summed E-state index contributed by atoms with van der Waals surface area (Å²) in [5, 5.41) is 0. The topological polar surface area (TPSA) is 26.0 Å². The number of rotatable bonds is 2. The molecule has 1 aromatic heterocycles. The van der Waals surface area contributed by atoms with E-state index in [-0.39, 0.29) is 0 Å². The van der Waals surface area contributed by atoms with Gasteiger partial charge in [-0.05, 0) is 0 Å². The minimum Gasteiger partial charge on any atom is -0.452 e. The number of oxazole rings is 1. The fraction of sp³-hybridized carbons (Fsp3) is 0.400. The summed E-state index contributed by atoms with van der Waals surface area (Å²) in [5.41, 5.74) is 0. The predicted molar refractivity (Wildman–Crippen MR) is 44.2 cm³/mol. The third kappa shape index (κ3) is 7.40. The smallest absolute Gasteiger partial charge is 0.180 e. The van der Waals surface area contributed by atoms with Crippen molar-refractivity contribution in [2.24, 2.45) is 0 Å². The van der Waals surface area contributed by atoms with Crippen LogP contribution in [0.5, 0.6) is 0 Å². The van der Waals surface area contributed by atoms with Gasteiger partial charge in [-0.3, -0.25) is 0 Å². The molecule has 0 saturated heterocycles. The second-order valence-corrected chi connectivity index (χ2v) is 1.51. The van der Waals surface area contributed by atoms with E-state index in [0.29, 0.717) is 0 Å². The van der Waals surface area contributed by atoms with Crippen molar-refractivity contribution < 1.29 is 4.42 Å². The minimum atomic E-state index is 1.04. The maximum Gasteiger partial charge on any atom is 0.180 e. The highest BCUT2D eigenvalue weighted by molar-refractivity contribution is 7.23. The van der Waals surface area contributed by atoms with Gasteiger partial charge in [-0.15, -0.1) is 0 Å². The first-order valence-electron chi connectivity index (χ1n) is 3.10. The van der Waals surface area contributed by atoms with Gasteiger partial charge in [0.1, 0.15) is 6.26 Å². The van der Waals surface area contributed by atoms with E-state index in [1.165, 1.54) is 12.7 Å². The average molecular weight is 131 g/mol. The molecule has 0 bridgehead atoms. The molecule has 5 heteroatoms. The van der Waals surface area contributed by atoms with Gasteiger partial charge in [0.05, 0.1) is 13.4 Å². The number of aromatic nitrogens is 1. The van der Waals surface area contributed by atoms with Crippen LogP contribution in [-0.4, -0.2) is 27.0 Å². The second kappa shape index (κ2) is 8.40. The first-order valence-corrected chi connectivity index (χ1v) is 3.10. The molecule has 0 atom stereocenters. The Hall–Kier alpha value is -0.595. The van der Waals surface area contributed by atoms with Gasteiger partial charge in [0.25, 0.3) is 0 Å². The Morgan fingerprint density at radius 2 is 2.50 bits per heavy atom. The summed E-state index contributed by atoms with van der Waals surface area (Å²) >= 11 is 0. The molecule has 0 amide bonds. The fourth-order valence-electron chi connectivity index (χ4n) is 0.312. The van der Waals surface area contributed by atoms with E-state index in [1.807, 2.05) is 14.1 Å². The molecule has 0 aliphatic heterocycles. The number of nitrogens with zero attached hydrogens (tertiary/aromatic N) is 1. The molecule has 1 heterocycles. The maximum absolute atomic E-state index is 4.96. The fourth-order valence-corrected chi connectivity index (χ4v) is 0.312. The van der Waals surface area contributed by atoms with E-state index in [2.05, 4.69) is 9.40 Å². The van der Waals surface area contributed by atoms with Gasteiger partial charge in [-0.2, -0.15) is 0 Å². The quantitative estimate of drug-likeness (QED) is 0.545. The second-order valence-electron chi connectivity index (χ2n) is 1.51. The average Bonchev–Trinajstić information content (AvgIpc) is 2.44. The van der Waals surface area contributed by atoms with E-state index in [0.717, 1.165) is 6.32 Å². The molecule has 48 valence electrons. The molecule has 0 aromatic carbocycles. The monoisotopic (exact) mass is 131 g/mol. The molecular weight excluding hydrogens is 122 g/mol. The Labute approximate surface area is 64.3 Å². The normalized spacial score (nSPS) is 7.30. The molecule has 0 N–H and O–H groups in total. The van der Waals surface area contributed by atoms with Crippen LogP contribution in [0.15, 0.2) is 23.3 Å². The summed E-state index contributed by atoms with van der Waals surface area (Å²) in [6, 6.07) is 0. The van der Waals surface area contributed by atoms with Crippen LogP contribution >= 0.6 is 0 Å². The molecule has 1 aromatic rings. The molecule has 0 aliphatic carbocycles. The minimum absolute atomic E-state index is 1.04. The van der Waals surface area contributed by atoms with Crippen molar-refractivity contribution in [2.75, 3.05) is 0 Å². The zero-order valence-electron chi connectivity index (χ0n) is 6.03. The van der Waals surface area contributed by atoms with Crippen LogP contribution in [0, 0.1) is 0 Å². The Morgan fingerprint density at radius 3 is 2.60 bits per heavy atom. The lowest BCUT2D eigenvalue weighted by Gasteiger charge is -1.74. The largest absolute Gasteiger partial charge is 0.452 e. The van der Waals surface area contributed by atoms with Gasteiger partial charge >= 0.3 is 0 Å². The van der Waals surface area contributed by atoms with Crippen LogP contribution in [0.1, 0.15) is 6.92 Å². The first-order chi connectivity index (χ1) is 4.91. The third-order valence-corrected chi connectivity index (χ3v) is 0.719. The zero-order chi connectivity index (χ0) is 7.66. The molecule has 1 rings (SSSR count). The molecule has 0 aliphatic rings. The zero-order valence-corrected chi connectivity index (χ0v) is 6.03. The van der Waals surface area contributed by atoms with Crippen molar-refractivity contribution in [3.05, 3.63) is 18.9 Å². The summed E-state index contributed by atoms with van der Waals surface area (Å²) in [5.74, 6) is 0. The summed E-state index contributed by atoms with van der Waals surface area (Å²) < 4.78 is 4.47. The number of hydrogen-bond donors (Lipinski definition) is 0. The summed E-state index contributed by atoms with van der Waals surface area (Å²) in [4.78, 5) is 3.56. The van der Waals surface area contributed by atoms with E-state index in [9.17, 15) is 0 Å². The lowest BCUT2D eigenvalue weighted by Crippen LogP contribution is -1.98. The highest BCUT2D eigenvalue weighted by Crippen LogP contribution is 1.72. The van der Waals surface area contributed by atoms with Crippen LogP contribution in [0.3, 0.4) is 0 Å². The lowest BCUT2D eigenvalue weighted by molar-refractivity contribution is 0.558. The van der Waals surface area contributed by atoms with Gasteiger partial charge in [0.2, 0.25) is 0 Å². The summed E-state index contributed by atoms with van der Waals surface area (Å²) in [6.07, 6.45) is 5.51. The highest BCUT2D eigenvalue weighted by Gasteiger charge is 1.73. The lowest BCUT2D eigenvalue weighted by atomic mass is 9.27. The Morgan fingerprint density at radius 1 is 1.70 bits per heavy atom. The molecule has 0 saturated carbocycles. The van der Waals surface area contributed by atoms with Crippen molar-refractivity contribution in [1.82, 2.24) is 4.98 Å². The van der Waals surface area contributed by atoms with Gasteiger partial charge in [0, 0.05) is 14.8 Å². The number of hydrogen-bond acceptors (Lipinski definition) is 2. The van der Waals surface area contributed by atoms with Crippen LogP contribution in [0.2, 0.25) is 6.32 Å². The Kier molecular flexibility index (Phi) is 7.90. The Balaban J connectivity index is 0.000000162. The standard InChI is InChI=1S/C3H3NO.C2H5B3/c1-2-5-3-4-1;1-2-4-5-3/h1-3H;2H2,1H3. The van der Waals surface area contributed by atoms with Crippen molar-refractivity contribution in [2.45, 2.75) is 13.2 Å². The third-order valence-electron chi connectivity index (χ3n) is 0.719. The van der Waals surface area contributed by atoms with Crippen LogP contribution in [0.25, 0.3) is 0 Å². The van der Waals surface area contributed by atoms with E-state index >= 15 is 0 Å². The van der Waals surface area contributed by atoms with Gasteiger partial charge in [0.15, 0.2) is 6.39 Å². The van der Waals surface area contributed by atoms with Crippen LogP contribution < -0.4 is 0 Å². The van der Waals surface area contributed by atoms with Crippen LogP contribution in [-0.2, 0) is 0 Å². The van der Waals surface area contributed by atoms with Crippen molar-refractivity contribution in [3.63, 3.8) is 0 Å². The van der Waals surface area contributed by atoms with E-state index in [4.69, 9.17) is 7.74 Å². The first kappa shape index (κ1) is 9.40.